The summed E-state index contributed by atoms with van der Waals surface area (Å²) in [5, 5.41) is 10.4. The molecule has 0 bridgehead atoms. The molecule has 0 heterocycles. The fraction of sp³-hybridized carbons (Fsp3) is 0.708. The summed E-state index contributed by atoms with van der Waals surface area (Å²) in [5.41, 5.74) is 1.56. The van der Waals surface area contributed by atoms with Crippen LogP contribution in [0.5, 0.6) is 0 Å². The first-order chi connectivity index (χ1) is 13.0. The normalized spacial score (nSPS) is 30.8. The van der Waals surface area contributed by atoms with E-state index >= 15 is 0 Å². The van der Waals surface area contributed by atoms with Crippen LogP contribution in [-0.2, 0) is 9.53 Å². The summed E-state index contributed by atoms with van der Waals surface area (Å²) in [4.78, 5) is 11.2. The minimum atomic E-state index is -0.410. The second-order valence-corrected chi connectivity index (χ2v) is 8.44. The van der Waals surface area contributed by atoms with Crippen molar-refractivity contribution in [3.05, 3.63) is 23.8 Å². The van der Waals surface area contributed by atoms with Gasteiger partial charge in [-0.05, 0) is 68.6 Å². The molecule has 3 heteroatoms. The van der Waals surface area contributed by atoms with E-state index in [1.54, 1.807) is 5.57 Å². The maximum atomic E-state index is 11.2. The van der Waals surface area contributed by atoms with E-state index in [-0.39, 0.29) is 11.9 Å². The van der Waals surface area contributed by atoms with Crippen molar-refractivity contribution < 1.29 is 14.6 Å². The Balaban J connectivity index is 1.87. The van der Waals surface area contributed by atoms with Gasteiger partial charge in [0.15, 0.2) is 0 Å². The number of carbonyl (C=O) groups excluding carboxylic acids is 1. The van der Waals surface area contributed by atoms with Crippen molar-refractivity contribution in [2.45, 2.75) is 71.8 Å². The predicted molar refractivity (Wildman–Crippen MR) is 110 cm³/mol. The van der Waals surface area contributed by atoms with Gasteiger partial charge in [-0.2, -0.15) is 0 Å². The van der Waals surface area contributed by atoms with Gasteiger partial charge < -0.3 is 9.84 Å². The molecular weight excluding hydrogens is 336 g/mol. The maximum Gasteiger partial charge on any atom is 0.305 e. The van der Waals surface area contributed by atoms with Crippen molar-refractivity contribution in [1.82, 2.24) is 0 Å². The lowest BCUT2D eigenvalue weighted by Gasteiger charge is -2.19. The molecule has 2 rings (SSSR count). The molecular formula is C24H36O3. The summed E-state index contributed by atoms with van der Waals surface area (Å²) in [6, 6.07) is 0. The first-order valence-electron chi connectivity index (χ1n) is 10.5. The lowest BCUT2D eigenvalue weighted by atomic mass is 9.86. The van der Waals surface area contributed by atoms with Crippen molar-refractivity contribution in [2.75, 3.05) is 7.11 Å². The zero-order chi connectivity index (χ0) is 19.8. The Bertz CT molecular complexity index is 607. The van der Waals surface area contributed by atoms with Crippen LogP contribution in [0, 0.1) is 41.4 Å². The smallest absolute Gasteiger partial charge is 0.305 e. The van der Waals surface area contributed by atoms with Gasteiger partial charge in [0.05, 0.1) is 13.2 Å². The van der Waals surface area contributed by atoms with E-state index < -0.39 is 6.10 Å². The molecule has 27 heavy (non-hydrogen) atoms. The fourth-order valence-corrected chi connectivity index (χ4v) is 4.78. The maximum absolute atomic E-state index is 11.2. The molecule has 0 spiro atoms. The van der Waals surface area contributed by atoms with Gasteiger partial charge in [-0.3, -0.25) is 4.79 Å². The molecule has 6 atom stereocenters. The quantitative estimate of drug-likeness (QED) is 0.285. The van der Waals surface area contributed by atoms with E-state index in [1.807, 2.05) is 13.0 Å². The van der Waals surface area contributed by atoms with Gasteiger partial charge in [0.25, 0.3) is 0 Å². The highest BCUT2D eigenvalue weighted by atomic mass is 16.5. The minimum Gasteiger partial charge on any atom is -0.469 e. The van der Waals surface area contributed by atoms with Gasteiger partial charge >= 0.3 is 5.97 Å². The molecule has 1 N–H and O–H groups in total. The zero-order valence-electron chi connectivity index (χ0n) is 17.4. The third-order valence-electron chi connectivity index (χ3n) is 6.41. The highest BCUT2D eigenvalue weighted by Gasteiger charge is 2.43. The molecule has 150 valence electrons. The number of rotatable bonds is 8. The third-order valence-corrected chi connectivity index (χ3v) is 6.41. The average molecular weight is 373 g/mol. The molecule has 2 aliphatic carbocycles. The van der Waals surface area contributed by atoms with Crippen molar-refractivity contribution in [3.63, 3.8) is 0 Å². The summed E-state index contributed by atoms with van der Waals surface area (Å²) in [6.45, 7) is 6.26. The van der Waals surface area contributed by atoms with Crippen LogP contribution in [0.25, 0.3) is 0 Å². The molecule has 0 radical (unpaired) electrons. The largest absolute Gasteiger partial charge is 0.469 e. The van der Waals surface area contributed by atoms with Gasteiger partial charge in [0, 0.05) is 12.8 Å². The Hall–Kier alpha value is -1.53. The van der Waals surface area contributed by atoms with Gasteiger partial charge in [0.1, 0.15) is 0 Å². The van der Waals surface area contributed by atoms with E-state index in [2.05, 4.69) is 37.8 Å². The first-order valence-corrected chi connectivity index (χ1v) is 10.5. The summed E-state index contributed by atoms with van der Waals surface area (Å²) in [7, 11) is 1.45. The summed E-state index contributed by atoms with van der Waals surface area (Å²) in [5.74, 6) is 8.77. The van der Waals surface area contributed by atoms with E-state index in [0.29, 0.717) is 24.2 Å². The monoisotopic (exact) mass is 372 g/mol. The molecule has 2 saturated carbocycles. The number of aliphatic hydroxyl groups is 1. The zero-order valence-corrected chi connectivity index (χ0v) is 17.4. The highest BCUT2D eigenvalue weighted by molar-refractivity contribution is 5.69. The molecule has 1 unspecified atom stereocenters. The van der Waals surface area contributed by atoms with Crippen LogP contribution >= 0.6 is 0 Å². The number of hydrogen-bond donors (Lipinski definition) is 1. The molecule has 2 fully saturated rings. The second kappa shape index (κ2) is 10.7. The van der Waals surface area contributed by atoms with Gasteiger partial charge in [-0.1, -0.05) is 37.6 Å². The Morgan fingerprint density at radius 1 is 1.41 bits per heavy atom. The van der Waals surface area contributed by atoms with Gasteiger partial charge in [-0.25, -0.2) is 0 Å². The number of ether oxygens (including phenoxy) is 1. The van der Waals surface area contributed by atoms with Gasteiger partial charge in [0.2, 0.25) is 0 Å². The van der Waals surface area contributed by atoms with Crippen LogP contribution in [0.2, 0.25) is 0 Å². The molecule has 0 saturated heterocycles. The summed E-state index contributed by atoms with van der Waals surface area (Å²) >= 11 is 0. The van der Waals surface area contributed by atoms with Crippen molar-refractivity contribution in [3.8, 4) is 11.8 Å². The number of esters is 1. The number of aliphatic hydroxyl groups excluding tert-OH is 1. The molecule has 0 aliphatic heterocycles. The first kappa shape index (κ1) is 21.8. The number of fused-ring (bicyclic) bond motifs is 1. The standard InChI is InChI=1S/C24H36O3/c1-5-6-9-17(2)23(25)13-12-21-18(3)14-20-15-19(16-22(20)21)10-7-8-11-24(26)27-4/h10,12-13,17-18,20-23,25H,7-9,11,14-16H2,1-4H3/b13-12+,19-10+/t17-,18+,20?,21-,22-,23+/m0/s1. The topological polar surface area (TPSA) is 46.5 Å². The number of allylic oxidation sites excluding steroid dienone is 3. The predicted octanol–water partition coefficient (Wildman–Crippen LogP) is 4.90. The Labute approximate surface area is 165 Å². The molecule has 0 aromatic rings. The van der Waals surface area contributed by atoms with E-state index in [9.17, 15) is 9.90 Å². The Kier molecular flexibility index (Phi) is 8.64. The lowest BCUT2D eigenvalue weighted by Crippen LogP contribution is -2.16. The Morgan fingerprint density at radius 2 is 2.19 bits per heavy atom. The Morgan fingerprint density at radius 3 is 2.89 bits per heavy atom. The molecule has 2 aliphatic rings. The molecule has 3 nitrogen and oxygen atoms in total. The van der Waals surface area contributed by atoms with Crippen molar-refractivity contribution >= 4 is 5.97 Å². The lowest BCUT2D eigenvalue weighted by molar-refractivity contribution is -0.140. The molecule has 0 aromatic heterocycles. The van der Waals surface area contributed by atoms with Crippen LogP contribution in [0.4, 0.5) is 0 Å². The van der Waals surface area contributed by atoms with Crippen LogP contribution in [0.1, 0.15) is 65.7 Å². The number of hydrogen-bond acceptors (Lipinski definition) is 3. The van der Waals surface area contributed by atoms with Crippen LogP contribution in [0.3, 0.4) is 0 Å². The van der Waals surface area contributed by atoms with E-state index in [4.69, 9.17) is 4.74 Å². The SMILES string of the molecule is CC#CC[C@H](C)[C@H](O)/C=C/[C@H]1[C@H](C)CC2C/C(=C\CCCC(=O)OC)C[C@@H]21. The molecule has 0 amide bonds. The van der Waals surface area contributed by atoms with Crippen molar-refractivity contribution in [1.29, 1.82) is 0 Å². The number of carbonyl (C=O) groups is 1. The second-order valence-electron chi connectivity index (χ2n) is 8.44. The van der Waals surface area contributed by atoms with Crippen LogP contribution in [0.15, 0.2) is 23.8 Å². The fourth-order valence-electron chi connectivity index (χ4n) is 4.78. The van der Waals surface area contributed by atoms with E-state index in [0.717, 1.165) is 25.2 Å². The third kappa shape index (κ3) is 6.25. The van der Waals surface area contributed by atoms with Crippen LogP contribution in [-0.4, -0.2) is 24.3 Å². The number of methoxy groups -OCH3 is 1. The summed E-state index contributed by atoms with van der Waals surface area (Å²) < 4.78 is 4.70. The van der Waals surface area contributed by atoms with Crippen LogP contribution < -0.4 is 0 Å². The summed E-state index contributed by atoms with van der Waals surface area (Å²) in [6.07, 6.45) is 13.0. The van der Waals surface area contributed by atoms with Crippen molar-refractivity contribution in [2.24, 2.45) is 29.6 Å². The number of unbranched alkanes of at least 4 members (excludes halogenated alkanes) is 1. The average Bonchev–Trinajstić information content (AvgIpc) is 3.17. The minimum absolute atomic E-state index is 0.117. The molecule has 0 aromatic carbocycles. The van der Waals surface area contributed by atoms with Gasteiger partial charge in [-0.15, -0.1) is 11.8 Å². The van der Waals surface area contributed by atoms with E-state index in [1.165, 1.54) is 26.4 Å². The highest BCUT2D eigenvalue weighted by Crippen LogP contribution is 2.53.